The summed E-state index contributed by atoms with van der Waals surface area (Å²) in [7, 11) is 2.06. The normalized spacial score (nSPS) is 16.9. The second-order valence-corrected chi connectivity index (χ2v) is 10.6. The molecular weight excluding hydrogens is 478 g/mol. The van der Waals surface area contributed by atoms with Crippen LogP contribution in [0.1, 0.15) is 64.5 Å². The van der Waals surface area contributed by atoms with E-state index in [2.05, 4.69) is 39.8 Å². The van der Waals surface area contributed by atoms with Crippen molar-refractivity contribution in [3.63, 3.8) is 0 Å². The van der Waals surface area contributed by atoms with Crippen LogP contribution in [0.3, 0.4) is 0 Å². The van der Waals surface area contributed by atoms with Crippen molar-refractivity contribution < 1.29 is 9.90 Å². The van der Waals surface area contributed by atoms with E-state index >= 15 is 0 Å². The van der Waals surface area contributed by atoms with Gasteiger partial charge in [-0.05, 0) is 87.5 Å². The molecule has 8 nitrogen and oxygen atoms in total. The van der Waals surface area contributed by atoms with Crippen LogP contribution in [0.5, 0.6) is 0 Å². The zero-order valence-corrected chi connectivity index (χ0v) is 22.1. The second kappa shape index (κ2) is 9.44. The fourth-order valence-electron chi connectivity index (χ4n) is 6.32. The second-order valence-electron chi connectivity index (χ2n) is 10.6. The lowest BCUT2D eigenvalue weighted by molar-refractivity contribution is 0.0696. The fraction of sp³-hybridized carbons (Fsp3) is 0.367. The molecule has 2 aliphatic rings. The summed E-state index contributed by atoms with van der Waals surface area (Å²) in [6, 6.07) is 12.1. The summed E-state index contributed by atoms with van der Waals surface area (Å²) in [5.74, 6) is -0.440. The number of aromatic nitrogens is 3. The predicted molar refractivity (Wildman–Crippen MR) is 149 cm³/mol. The first-order valence-corrected chi connectivity index (χ1v) is 13.3. The van der Waals surface area contributed by atoms with Gasteiger partial charge in [-0.15, -0.1) is 0 Å². The Labute approximate surface area is 221 Å². The highest BCUT2D eigenvalue weighted by molar-refractivity contribution is 5.89. The molecule has 1 saturated heterocycles. The number of hydrogen-bond donors (Lipinski definition) is 2. The summed E-state index contributed by atoms with van der Waals surface area (Å²) in [5, 5.41) is 13.6. The zero-order chi connectivity index (χ0) is 26.6. The molecule has 1 unspecified atom stereocenters. The number of hydrogen-bond acceptors (Lipinski definition) is 5. The highest BCUT2D eigenvalue weighted by atomic mass is 16.4. The summed E-state index contributed by atoms with van der Waals surface area (Å²) < 4.78 is 3.91. The van der Waals surface area contributed by atoms with Crippen LogP contribution in [0, 0.1) is 6.92 Å². The molecule has 2 aliphatic heterocycles. The van der Waals surface area contributed by atoms with Crippen LogP contribution in [0.15, 0.2) is 53.6 Å². The summed E-state index contributed by atoms with van der Waals surface area (Å²) in [5.41, 5.74) is 7.16. The molecule has 2 N–H and O–H groups in total. The van der Waals surface area contributed by atoms with Crippen molar-refractivity contribution in [2.24, 2.45) is 7.05 Å². The summed E-state index contributed by atoms with van der Waals surface area (Å²) in [4.78, 5) is 31.8. The van der Waals surface area contributed by atoms with E-state index in [1.165, 1.54) is 11.3 Å². The average molecular weight is 512 g/mol. The third kappa shape index (κ3) is 4.00. The molecule has 5 heterocycles. The van der Waals surface area contributed by atoms with E-state index < -0.39 is 5.97 Å². The summed E-state index contributed by atoms with van der Waals surface area (Å²) >= 11 is 0. The van der Waals surface area contributed by atoms with Gasteiger partial charge in [0.15, 0.2) is 0 Å². The number of aromatic carboxylic acids is 1. The van der Waals surface area contributed by atoms with Crippen LogP contribution in [0.25, 0.3) is 16.7 Å². The van der Waals surface area contributed by atoms with Crippen molar-refractivity contribution in [2.45, 2.75) is 45.1 Å². The fourth-order valence-corrected chi connectivity index (χ4v) is 6.32. The Morgan fingerprint density at radius 3 is 2.68 bits per heavy atom. The number of likely N-dealkylation sites (tertiary alicyclic amines) is 1. The van der Waals surface area contributed by atoms with Gasteiger partial charge in [-0.2, -0.15) is 0 Å². The number of anilines is 1. The number of rotatable bonds is 5. The molecule has 0 aliphatic carbocycles. The van der Waals surface area contributed by atoms with Crippen LogP contribution in [-0.4, -0.2) is 49.7 Å². The van der Waals surface area contributed by atoms with Gasteiger partial charge in [-0.25, -0.2) is 9.78 Å². The molecule has 0 amide bonds. The van der Waals surface area contributed by atoms with Crippen LogP contribution < -0.4 is 10.9 Å². The molecule has 0 radical (unpaired) electrons. The Morgan fingerprint density at radius 1 is 1.16 bits per heavy atom. The minimum Gasteiger partial charge on any atom is -0.478 e. The number of carboxylic acid groups (broad SMARTS) is 1. The number of benzene rings is 1. The molecule has 0 saturated carbocycles. The van der Waals surface area contributed by atoms with Crippen LogP contribution in [-0.2, 0) is 13.5 Å². The van der Waals surface area contributed by atoms with Gasteiger partial charge >= 0.3 is 5.97 Å². The molecule has 1 fully saturated rings. The molecular formula is C30H33N5O3. The van der Waals surface area contributed by atoms with Gasteiger partial charge in [0.2, 0.25) is 0 Å². The van der Waals surface area contributed by atoms with E-state index in [1.54, 1.807) is 16.8 Å². The smallest absolute Gasteiger partial charge is 0.335 e. The van der Waals surface area contributed by atoms with Crippen molar-refractivity contribution in [1.82, 2.24) is 19.0 Å². The van der Waals surface area contributed by atoms with E-state index in [4.69, 9.17) is 0 Å². The van der Waals surface area contributed by atoms with E-state index in [0.717, 1.165) is 72.4 Å². The third-order valence-electron chi connectivity index (χ3n) is 8.54. The molecule has 0 spiro atoms. The lowest BCUT2D eigenvalue weighted by atomic mass is 9.87. The monoisotopic (exact) mass is 511 g/mol. The Kier molecular flexibility index (Phi) is 6.07. The molecule has 1 atom stereocenters. The van der Waals surface area contributed by atoms with Crippen LogP contribution in [0.2, 0.25) is 0 Å². The van der Waals surface area contributed by atoms with Crippen molar-refractivity contribution in [2.75, 3.05) is 25.0 Å². The molecule has 1 aromatic carbocycles. The standard InChI is InChI=1S/C30H33N5O3/c1-18-16-21(4-5-22(18)30(37)38)20-8-13-34(14-9-20)19(2)27-17-24-26(7-12-32-28(24)33(27)3)35-15-10-25-23(29(35)36)6-11-31-25/h4-5,7,10,12,15-17,19-20,31H,6,8-9,11,13-14H2,1-3H3,(H,37,38). The quantitative estimate of drug-likeness (QED) is 0.406. The SMILES string of the molecule is Cc1cc(C2CCN(C(C)c3cc4c(-n5ccc6c(c5=O)CCN6)ccnc4n3C)CC2)ccc1C(=O)O. The zero-order valence-electron chi connectivity index (χ0n) is 22.1. The Balaban J connectivity index is 1.25. The molecule has 0 bridgehead atoms. The lowest BCUT2D eigenvalue weighted by Crippen LogP contribution is -2.35. The van der Waals surface area contributed by atoms with E-state index in [1.807, 2.05) is 37.4 Å². The van der Waals surface area contributed by atoms with Gasteiger partial charge in [0.05, 0.1) is 11.3 Å². The first-order valence-electron chi connectivity index (χ1n) is 13.3. The molecule has 3 aromatic heterocycles. The van der Waals surface area contributed by atoms with Crippen LogP contribution >= 0.6 is 0 Å². The van der Waals surface area contributed by atoms with Gasteiger partial charge in [0.25, 0.3) is 5.56 Å². The Hall–Kier alpha value is -3.91. The van der Waals surface area contributed by atoms with Crippen molar-refractivity contribution in [3.8, 4) is 5.69 Å². The average Bonchev–Trinajstić information content (AvgIpc) is 3.54. The maximum atomic E-state index is 13.3. The number of piperidine rings is 1. The number of nitrogens with one attached hydrogen (secondary N) is 1. The minimum atomic E-state index is -0.872. The molecule has 196 valence electrons. The van der Waals surface area contributed by atoms with Crippen LogP contribution in [0.4, 0.5) is 5.69 Å². The number of carbonyl (C=O) groups is 1. The maximum Gasteiger partial charge on any atom is 0.335 e. The van der Waals surface area contributed by atoms with Gasteiger partial charge in [-0.1, -0.05) is 12.1 Å². The maximum absolute atomic E-state index is 13.3. The summed E-state index contributed by atoms with van der Waals surface area (Å²) in [6.07, 6.45) is 6.46. The molecule has 4 aromatic rings. The van der Waals surface area contributed by atoms with Gasteiger partial charge in [-0.3, -0.25) is 14.3 Å². The predicted octanol–water partition coefficient (Wildman–Crippen LogP) is 4.64. The number of pyridine rings is 2. The molecule has 38 heavy (non-hydrogen) atoms. The highest BCUT2D eigenvalue weighted by Crippen LogP contribution is 2.35. The highest BCUT2D eigenvalue weighted by Gasteiger charge is 2.27. The third-order valence-corrected chi connectivity index (χ3v) is 8.54. The first-order chi connectivity index (χ1) is 18.3. The lowest BCUT2D eigenvalue weighted by Gasteiger charge is -2.36. The molecule has 8 heteroatoms. The van der Waals surface area contributed by atoms with Gasteiger partial charge < -0.3 is 15.0 Å². The van der Waals surface area contributed by atoms with E-state index in [9.17, 15) is 14.7 Å². The Morgan fingerprint density at radius 2 is 1.95 bits per heavy atom. The van der Waals surface area contributed by atoms with E-state index in [0.29, 0.717) is 11.5 Å². The summed E-state index contributed by atoms with van der Waals surface area (Å²) in [6.45, 7) is 6.85. The first kappa shape index (κ1) is 24.4. The van der Waals surface area contributed by atoms with Crippen molar-refractivity contribution in [3.05, 3.63) is 87.1 Å². The van der Waals surface area contributed by atoms with Crippen molar-refractivity contribution >= 4 is 22.7 Å². The van der Waals surface area contributed by atoms with Gasteiger partial charge in [0.1, 0.15) is 5.65 Å². The number of carboxylic acids is 1. The number of aryl methyl sites for hydroxylation is 2. The van der Waals surface area contributed by atoms with Crippen molar-refractivity contribution in [1.29, 1.82) is 0 Å². The van der Waals surface area contributed by atoms with E-state index in [-0.39, 0.29) is 11.6 Å². The largest absolute Gasteiger partial charge is 0.478 e. The molecule has 6 rings (SSSR count). The minimum absolute atomic E-state index is 0.0344. The number of fused-ring (bicyclic) bond motifs is 2. The topological polar surface area (TPSA) is 92.4 Å². The number of nitrogens with zero attached hydrogens (tertiary/aromatic N) is 4. The van der Waals surface area contributed by atoms with Gasteiger partial charge in [0, 0.05) is 54.4 Å². The Bertz CT molecular complexity index is 1610.